The van der Waals surface area contributed by atoms with E-state index in [4.69, 9.17) is 0 Å². The summed E-state index contributed by atoms with van der Waals surface area (Å²) in [5, 5.41) is 8.74. The van der Waals surface area contributed by atoms with E-state index < -0.39 is 0 Å². The molecule has 3 heterocycles. The van der Waals surface area contributed by atoms with Gasteiger partial charge in [-0.1, -0.05) is 6.92 Å². The first-order valence-electron chi connectivity index (χ1n) is 8.69. The molecule has 1 unspecified atom stereocenters. The number of carbonyl (C=O) groups is 1. The second-order valence-electron chi connectivity index (χ2n) is 6.87. The van der Waals surface area contributed by atoms with Gasteiger partial charge < -0.3 is 10.2 Å². The monoisotopic (exact) mass is 433 g/mol. The minimum Gasteiger partial charge on any atom is -0.330 e. The SMILES string of the molecule is CCc1ncc(C(=O)N(Cc2ccsc2)C2CC23CCNCC3)s1.Cl.Cl. The van der Waals surface area contributed by atoms with Crippen molar-refractivity contribution in [1.29, 1.82) is 0 Å². The summed E-state index contributed by atoms with van der Waals surface area (Å²) in [6, 6.07) is 2.52. The Labute approximate surface area is 175 Å². The molecule has 144 valence electrons. The minimum atomic E-state index is 0. The summed E-state index contributed by atoms with van der Waals surface area (Å²) in [4.78, 5) is 20.5. The molecule has 0 aromatic carbocycles. The van der Waals surface area contributed by atoms with E-state index >= 15 is 0 Å². The van der Waals surface area contributed by atoms with Crippen LogP contribution in [0.3, 0.4) is 0 Å². The number of thiazole rings is 1. The van der Waals surface area contributed by atoms with Gasteiger partial charge in [-0.15, -0.1) is 36.2 Å². The molecule has 4 rings (SSSR count). The fourth-order valence-electron chi connectivity index (χ4n) is 3.85. The molecule has 1 aliphatic heterocycles. The summed E-state index contributed by atoms with van der Waals surface area (Å²) in [6.07, 6.45) is 6.19. The lowest BCUT2D eigenvalue weighted by molar-refractivity contribution is 0.0697. The summed E-state index contributed by atoms with van der Waals surface area (Å²) in [5.41, 5.74) is 1.60. The Hall–Kier alpha value is -0.660. The maximum atomic E-state index is 13.2. The highest BCUT2D eigenvalue weighted by atomic mass is 35.5. The first-order chi connectivity index (χ1) is 11.7. The van der Waals surface area contributed by atoms with Crippen molar-refractivity contribution in [3.8, 4) is 0 Å². The quantitative estimate of drug-likeness (QED) is 0.759. The zero-order chi connectivity index (χ0) is 16.6. The number of aryl methyl sites for hydroxylation is 1. The van der Waals surface area contributed by atoms with E-state index in [1.165, 1.54) is 18.4 Å². The molecular weight excluding hydrogens is 409 g/mol. The molecule has 0 bridgehead atoms. The number of rotatable bonds is 5. The van der Waals surface area contributed by atoms with Gasteiger partial charge in [-0.25, -0.2) is 4.98 Å². The Morgan fingerprint density at radius 3 is 2.77 bits per heavy atom. The second kappa shape index (κ2) is 9.02. The highest BCUT2D eigenvalue weighted by Gasteiger charge is 2.57. The summed E-state index contributed by atoms with van der Waals surface area (Å²) in [7, 11) is 0. The third-order valence-electron chi connectivity index (χ3n) is 5.38. The summed E-state index contributed by atoms with van der Waals surface area (Å²) in [6.45, 7) is 4.97. The van der Waals surface area contributed by atoms with Crippen LogP contribution in [0.5, 0.6) is 0 Å². The number of thiophene rings is 1. The molecule has 8 heteroatoms. The van der Waals surface area contributed by atoms with Crippen LogP contribution >= 0.6 is 47.5 Å². The summed E-state index contributed by atoms with van der Waals surface area (Å²) >= 11 is 3.25. The molecule has 1 amide bonds. The van der Waals surface area contributed by atoms with Crippen molar-refractivity contribution >= 4 is 53.4 Å². The molecule has 0 radical (unpaired) electrons. The average molecular weight is 434 g/mol. The van der Waals surface area contributed by atoms with Crippen LogP contribution in [-0.2, 0) is 13.0 Å². The number of piperidine rings is 1. The average Bonchev–Trinajstić information content (AvgIpc) is 3.05. The van der Waals surface area contributed by atoms with Gasteiger partial charge in [-0.2, -0.15) is 11.3 Å². The van der Waals surface area contributed by atoms with Crippen LogP contribution in [0, 0.1) is 5.41 Å². The Balaban J connectivity index is 0.00000121. The molecule has 2 aromatic rings. The van der Waals surface area contributed by atoms with Crippen LogP contribution in [0.1, 0.15) is 46.4 Å². The van der Waals surface area contributed by atoms with Crippen LogP contribution < -0.4 is 5.32 Å². The first kappa shape index (κ1) is 21.6. The van der Waals surface area contributed by atoms with E-state index in [-0.39, 0.29) is 30.7 Å². The van der Waals surface area contributed by atoms with Gasteiger partial charge in [0.1, 0.15) is 4.88 Å². The molecule has 4 nitrogen and oxygen atoms in total. The molecule has 1 saturated carbocycles. The topological polar surface area (TPSA) is 45.2 Å². The van der Waals surface area contributed by atoms with Crippen molar-refractivity contribution in [2.75, 3.05) is 13.1 Å². The zero-order valence-corrected chi connectivity index (χ0v) is 18.0. The standard InChI is InChI=1S/C18H23N3OS2.2ClH/c1-2-16-20-10-14(24-16)17(22)21(11-13-3-8-23-12-13)15-9-18(15)4-6-19-7-5-18;;/h3,8,10,12,15,19H,2,4-7,9,11H2,1H3;2*1H. The number of carbonyl (C=O) groups excluding carboxylic acids is 1. The molecule has 26 heavy (non-hydrogen) atoms. The minimum absolute atomic E-state index is 0. The van der Waals surface area contributed by atoms with E-state index in [9.17, 15) is 4.79 Å². The predicted octanol–water partition coefficient (Wildman–Crippen LogP) is 4.40. The van der Waals surface area contributed by atoms with Gasteiger partial charge >= 0.3 is 0 Å². The van der Waals surface area contributed by atoms with Crippen LogP contribution in [0.15, 0.2) is 23.0 Å². The number of nitrogens with one attached hydrogen (secondary N) is 1. The van der Waals surface area contributed by atoms with E-state index in [0.717, 1.165) is 42.4 Å². The van der Waals surface area contributed by atoms with Crippen molar-refractivity contribution in [3.05, 3.63) is 38.5 Å². The van der Waals surface area contributed by atoms with Gasteiger partial charge in [-0.3, -0.25) is 4.79 Å². The normalized spacial score (nSPS) is 20.1. The van der Waals surface area contributed by atoms with Crippen LogP contribution in [0.25, 0.3) is 0 Å². The number of aromatic nitrogens is 1. The maximum Gasteiger partial charge on any atom is 0.266 e. The van der Waals surface area contributed by atoms with Crippen LogP contribution in [-0.4, -0.2) is 34.9 Å². The summed E-state index contributed by atoms with van der Waals surface area (Å²) < 4.78 is 0. The molecule has 2 fully saturated rings. The number of amides is 1. The lowest BCUT2D eigenvalue weighted by atomic mass is 9.93. The van der Waals surface area contributed by atoms with Crippen LogP contribution in [0.4, 0.5) is 0 Å². The van der Waals surface area contributed by atoms with Gasteiger partial charge in [0.05, 0.1) is 11.2 Å². The van der Waals surface area contributed by atoms with Crippen molar-refractivity contribution in [3.63, 3.8) is 0 Å². The number of halogens is 2. The highest BCUT2D eigenvalue weighted by molar-refractivity contribution is 7.13. The third-order valence-corrected chi connectivity index (χ3v) is 7.24. The third kappa shape index (κ3) is 4.25. The Kier molecular flexibility index (Phi) is 7.51. The molecule has 1 atom stereocenters. The van der Waals surface area contributed by atoms with Crippen molar-refractivity contribution in [1.82, 2.24) is 15.2 Å². The molecule has 2 aromatic heterocycles. The maximum absolute atomic E-state index is 13.2. The number of hydrogen-bond donors (Lipinski definition) is 1. The fraction of sp³-hybridized carbons (Fsp3) is 0.556. The Morgan fingerprint density at radius 2 is 2.15 bits per heavy atom. The lowest BCUT2D eigenvalue weighted by Gasteiger charge is -2.29. The highest BCUT2D eigenvalue weighted by Crippen LogP contribution is 2.56. The Bertz CT molecular complexity index is 714. The summed E-state index contributed by atoms with van der Waals surface area (Å²) in [5.74, 6) is 0.166. The van der Waals surface area contributed by atoms with Crippen molar-refractivity contribution < 1.29 is 4.79 Å². The van der Waals surface area contributed by atoms with Crippen molar-refractivity contribution in [2.24, 2.45) is 5.41 Å². The molecule has 2 aliphatic rings. The molecule has 1 aliphatic carbocycles. The van der Waals surface area contributed by atoms with Gasteiger partial charge in [0, 0.05) is 12.6 Å². The first-order valence-corrected chi connectivity index (χ1v) is 10.5. The predicted molar refractivity (Wildman–Crippen MR) is 113 cm³/mol. The lowest BCUT2D eigenvalue weighted by Crippen LogP contribution is -2.38. The van der Waals surface area contributed by atoms with Crippen LogP contribution in [0.2, 0.25) is 0 Å². The zero-order valence-electron chi connectivity index (χ0n) is 14.8. The van der Waals surface area contributed by atoms with Gasteiger partial charge in [0.15, 0.2) is 0 Å². The molecule has 1 N–H and O–H groups in total. The molecular formula is C18H25Cl2N3OS2. The van der Waals surface area contributed by atoms with E-state index in [1.807, 2.05) is 0 Å². The van der Waals surface area contributed by atoms with E-state index in [0.29, 0.717) is 11.5 Å². The number of nitrogens with zero attached hydrogens (tertiary/aromatic N) is 2. The molecule has 1 spiro atoms. The van der Waals surface area contributed by atoms with Crippen molar-refractivity contribution in [2.45, 2.75) is 45.2 Å². The Morgan fingerprint density at radius 1 is 1.38 bits per heavy atom. The van der Waals surface area contributed by atoms with Gasteiger partial charge in [-0.05, 0) is 66.6 Å². The van der Waals surface area contributed by atoms with E-state index in [1.54, 1.807) is 28.9 Å². The van der Waals surface area contributed by atoms with Gasteiger partial charge in [0.25, 0.3) is 5.91 Å². The second-order valence-corrected chi connectivity index (χ2v) is 8.76. The smallest absolute Gasteiger partial charge is 0.266 e. The van der Waals surface area contributed by atoms with E-state index in [2.05, 4.69) is 39.0 Å². The fourth-order valence-corrected chi connectivity index (χ4v) is 5.32. The molecule has 1 saturated heterocycles. The largest absolute Gasteiger partial charge is 0.330 e. The number of hydrogen-bond acceptors (Lipinski definition) is 5. The van der Waals surface area contributed by atoms with Gasteiger partial charge in [0.2, 0.25) is 0 Å².